The Morgan fingerprint density at radius 1 is 1.41 bits per heavy atom. The van der Waals surface area contributed by atoms with Gasteiger partial charge in [0, 0.05) is 24.7 Å². The Balaban J connectivity index is 2.08. The van der Waals surface area contributed by atoms with Crippen molar-refractivity contribution in [2.45, 2.75) is 45.2 Å². The zero-order chi connectivity index (χ0) is 12.3. The van der Waals surface area contributed by atoms with Gasteiger partial charge in [-0.25, -0.2) is 0 Å². The molecule has 3 nitrogen and oxygen atoms in total. The number of hydrogen-bond donors (Lipinski definition) is 1. The highest BCUT2D eigenvalue weighted by molar-refractivity contribution is 5.77. The van der Waals surface area contributed by atoms with Crippen LogP contribution < -0.4 is 5.73 Å². The van der Waals surface area contributed by atoms with Crippen LogP contribution >= 0.6 is 0 Å². The molecular weight excluding hydrogens is 212 g/mol. The summed E-state index contributed by atoms with van der Waals surface area (Å²) in [7, 11) is 0. The molecule has 0 aliphatic heterocycles. The second-order valence-corrected chi connectivity index (χ2v) is 4.70. The van der Waals surface area contributed by atoms with Gasteiger partial charge < -0.3 is 10.6 Å². The summed E-state index contributed by atoms with van der Waals surface area (Å²) in [6.45, 7) is 2.70. The van der Waals surface area contributed by atoms with Crippen molar-refractivity contribution in [2.75, 3.05) is 5.73 Å². The van der Waals surface area contributed by atoms with E-state index in [2.05, 4.69) is 0 Å². The predicted molar refractivity (Wildman–Crippen MR) is 69.3 cm³/mol. The first-order valence-corrected chi connectivity index (χ1v) is 6.35. The van der Waals surface area contributed by atoms with Gasteiger partial charge in [-0.3, -0.25) is 4.79 Å². The van der Waals surface area contributed by atoms with E-state index in [0.717, 1.165) is 30.5 Å². The lowest BCUT2D eigenvalue weighted by molar-refractivity contribution is -0.132. The van der Waals surface area contributed by atoms with Crippen molar-refractivity contribution < 1.29 is 4.79 Å². The molecule has 1 fully saturated rings. The van der Waals surface area contributed by atoms with Crippen molar-refractivity contribution >= 4 is 11.6 Å². The molecule has 1 aromatic carbocycles. The SMILES string of the molecule is CCCC(=O)N(Cc1ccccc1N)C1CC1. The summed E-state index contributed by atoms with van der Waals surface area (Å²) < 4.78 is 0. The van der Waals surface area contributed by atoms with Gasteiger partial charge in [0.25, 0.3) is 0 Å². The summed E-state index contributed by atoms with van der Waals surface area (Å²) >= 11 is 0. The van der Waals surface area contributed by atoms with Crippen molar-refractivity contribution in [2.24, 2.45) is 0 Å². The van der Waals surface area contributed by atoms with Crippen LogP contribution in [-0.2, 0) is 11.3 Å². The molecule has 0 saturated heterocycles. The van der Waals surface area contributed by atoms with E-state index in [1.54, 1.807) is 0 Å². The zero-order valence-electron chi connectivity index (χ0n) is 10.4. The largest absolute Gasteiger partial charge is 0.398 e. The first-order valence-electron chi connectivity index (χ1n) is 6.35. The third kappa shape index (κ3) is 2.99. The number of benzene rings is 1. The number of hydrogen-bond acceptors (Lipinski definition) is 2. The molecule has 1 saturated carbocycles. The van der Waals surface area contributed by atoms with Gasteiger partial charge >= 0.3 is 0 Å². The standard InChI is InChI=1S/C14H20N2O/c1-2-5-14(17)16(12-8-9-12)10-11-6-3-4-7-13(11)15/h3-4,6-7,12H,2,5,8-10,15H2,1H3. The molecule has 2 N–H and O–H groups in total. The fourth-order valence-corrected chi connectivity index (χ4v) is 2.03. The minimum Gasteiger partial charge on any atom is -0.398 e. The fourth-order valence-electron chi connectivity index (χ4n) is 2.03. The second-order valence-electron chi connectivity index (χ2n) is 4.70. The summed E-state index contributed by atoms with van der Waals surface area (Å²) in [4.78, 5) is 14.0. The summed E-state index contributed by atoms with van der Waals surface area (Å²) in [5, 5.41) is 0. The molecule has 0 unspecified atom stereocenters. The summed E-state index contributed by atoms with van der Waals surface area (Å²) in [6, 6.07) is 8.25. The number of carbonyl (C=O) groups excluding carboxylic acids is 1. The molecule has 92 valence electrons. The lowest BCUT2D eigenvalue weighted by atomic mass is 10.1. The maximum Gasteiger partial charge on any atom is 0.223 e. The number of carbonyl (C=O) groups is 1. The third-order valence-electron chi connectivity index (χ3n) is 3.17. The highest BCUT2D eigenvalue weighted by Gasteiger charge is 2.32. The summed E-state index contributed by atoms with van der Waals surface area (Å²) in [5.74, 6) is 0.262. The van der Waals surface area contributed by atoms with Crippen LogP contribution in [0.2, 0.25) is 0 Å². The lowest BCUT2D eigenvalue weighted by Gasteiger charge is -2.23. The summed E-state index contributed by atoms with van der Waals surface area (Å²) in [5.41, 5.74) is 7.76. The molecule has 1 aliphatic rings. The van der Waals surface area contributed by atoms with Gasteiger partial charge in [-0.2, -0.15) is 0 Å². The Labute approximate surface area is 103 Å². The fraction of sp³-hybridized carbons (Fsp3) is 0.500. The molecule has 2 rings (SSSR count). The molecule has 3 heteroatoms. The maximum atomic E-state index is 12.0. The smallest absolute Gasteiger partial charge is 0.223 e. The number of amides is 1. The molecule has 1 amide bonds. The molecular formula is C14H20N2O. The van der Waals surface area contributed by atoms with Crippen LogP contribution in [0, 0.1) is 0 Å². The Bertz CT molecular complexity index is 399. The van der Waals surface area contributed by atoms with Crippen LogP contribution in [-0.4, -0.2) is 16.8 Å². The Morgan fingerprint density at radius 3 is 2.71 bits per heavy atom. The van der Waals surface area contributed by atoms with Crippen molar-refractivity contribution in [1.29, 1.82) is 0 Å². The molecule has 1 aromatic rings. The van der Waals surface area contributed by atoms with Crippen LogP contribution in [0.5, 0.6) is 0 Å². The van der Waals surface area contributed by atoms with E-state index in [1.807, 2.05) is 36.1 Å². The van der Waals surface area contributed by atoms with Crippen molar-refractivity contribution in [3.8, 4) is 0 Å². The van der Waals surface area contributed by atoms with Gasteiger partial charge in [0.05, 0.1) is 0 Å². The van der Waals surface area contributed by atoms with Gasteiger partial charge in [-0.1, -0.05) is 25.1 Å². The highest BCUT2D eigenvalue weighted by Crippen LogP contribution is 2.30. The van der Waals surface area contributed by atoms with Gasteiger partial charge in [-0.05, 0) is 30.9 Å². The number of para-hydroxylation sites is 1. The highest BCUT2D eigenvalue weighted by atomic mass is 16.2. The number of nitrogen functional groups attached to an aromatic ring is 1. The molecule has 0 bridgehead atoms. The molecule has 0 aromatic heterocycles. The molecule has 0 atom stereocenters. The van der Waals surface area contributed by atoms with Crippen molar-refractivity contribution in [3.63, 3.8) is 0 Å². The van der Waals surface area contributed by atoms with Crippen LogP contribution in [0.4, 0.5) is 5.69 Å². The minimum absolute atomic E-state index is 0.262. The van der Waals surface area contributed by atoms with Crippen molar-refractivity contribution in [3.05, 3.63) is 29.8 Å². The van der Waals surface area contributed by atoms with Crippen molar-refractivity contribution in [1.82, 2.24) is 4.90 Å². The molecule has 0 spiro atoms. The van der Waals surface area contributed by atoms with E-state index in [0.29, 0.717) is 19.0 Å². The van der Waals surface area contributed by atoms with Gasteiger partial charge in [0.1, 0.15) is 0 Å². The van der Waals surface area contributed by atoms with E-state index in [1.165, 1.54) is 0 Å². The Hall–Kier alpha value is -1.51. The Morgan fingerprint density at radius 2 is 2.12 bits per heavy atom. The first kappa shape index (κ1) is 12.0. The Kier molecular flexibility index (Phi) is 3.67. The van der Waals surface area contributed by atoms with Crippen LogP contribution in [0.15, 0.2) is 24.3 Å². The summed E-state index contributed by atoms with van der Waals surface area (Å²) in [6.07, 6.45) is 3.83. The van der Waals surface area contributed by atoms with E-state index in [9.17, 15) is 4.79 Å². The lowest BCUT2D eigenvalue weighted by Crippen LogP contribution is -2.32. The van der Waals surface area contributed by atoms with E-state index in [4.69, 9.17) is 5.73 Å². The first-order chi connectivity index (χ1) is 8.22. The number of rotatable bonds is 5. The predicted octanol–water partition coefficient (Wildman–Crippen LogP) is 2.56. The average Bonchev–Trinajstić information content (AvgIpc) is 3.12. The topological polar surface area (TPSA) is 46.3 Å². The number of anilines is 1. The third-order valence-corrected chi connectivity index (χ3v) is 3.17. The number of nitrogens with zero attached hydrogens (tertiary/aromatic N) is 1. The zero-order valence-corrected chi connectivity index (χ0v) is 10.4. The van der Waals surface area contributed by atoms with Crippen LogP contribution in [0.1, 0.15) is 38.2 Å². The second kappa shape index (κ2) is 5.21. The van der Waals surface area contributed by atoms with Crippen LogP contribution in [0.3, 0.4) is 0 Å². The van der Waals surface area contributed by atoms with Gasteiger partial charge in [0.2, 0.25) is 5.91 Å². The molecule has 1 aliphatic carbocycles. The monoisotopic (exact) mass is 232 g/mol. The quantitative estimate of drug-likeness (QED) is 0.793. The number of nitrogens with two attached hydrogens (primary N) is 1. The van der Waals surface area contributed by atoms with E-state index in [-0.39, 0.29) is 5.91 Å². The van der Waals surface area contributed by atoms with E-state index >= 15 is 0 Å². The minimum atomic E-state index is 0.262. The maximum absolute atomic E-state index is 12.0. The van der Waals surface area contributed by atoms with Gasteiger partial charge in [0.15, 0.2) is 0 Å². The van der Waals surface area contributed by atoms with Gasteiger partial charge in [-0.15, -0.1) is 0 Å². The average molecular weight is 232 g/mol. The molecule has 17 heavy (non-hydrogen) atoms. The normalized spacial score (nSPS) is 14.6. The molecule has 0 radical (unpaired) electrons. The van der Waals surface area contributed by atoms with Crippen LogP contribution in [0.25, 0.3) is 0 Å². The van der Waals surface area contributed by atoms with E-state index < -0.39 is 0 Å². The molecule has 0 heterocycles.